The first-order valence-electron chi connectivity index (χ1n) is 7.66. The van der Waals surface area contributed by atoms with E-state index in [4.69, 9.17) is 5.26 Å². The third-order valence-electron chi connectivity index (χ3n) is 3.64. The summed E-state index contributed by atoms with van der Waals surface area (Å²) in [5.41, 5.74) is -4.38. The van der Waals surface area contributed by atoms with Gasteiger partial charge in [-0.25, -0.2) is 22.2 Å². The van der Waals surface area contributed by atoms with Crippen LogP contribution in [0, 0.1) is 40.5 Å². The predicted molar refractivity (Wildman–Crippen MR) is 81.1 cm³/mol. The molecule has 0 aliphatic rings. The molecular weight excluding hydrogens is 381 g/mol. The highest BCUT2D eigenvalue weighted by molar-refractivity contribution is 5.57. The standard InChI is InChI=1S/C16H13F7N4/c1-7(2)3-4-25-15-8(5-24)6-26-27(15)14-12(19)10(17)9(16(21,22)23)11(18)13(14)20/h6-7,25H,3-4H2,1-2H3. The summed E-state index contributed by atoms with van der Waals surface area (Å²) in [7, 11) is 0. The van der Waals surface area contributed by atoms with E-state index >= 15 is 0 Å². The minimum atomic E-state index is -5.64. The summed E-state index contributed by atoms with van der Waals surface area (Å²) in [6.07, 6.45) is -4.21. The lowest BCUT2D eigenvalue weighted by atomic mass is 10.1. The van der Waals surface area contributed by atoms with E-state index < -0.39 is 40.7 Å². The van der Waals surface area contributed by atoms with Crippen molar-refractivity contribution in [2.75, 3.05) is 11.9 Å². The van der Waals surface area contributed by atoms with Crippen molar-refractivity contribution in [2.24, 2.45) is 5.92 Å². The van der Waals surface area contributed by atoms with Crippen LogP contribution < -0.4 is 5.32 Å². The lowest BCUT2D eigenvalue weighted by molar-refractivity contribution is -0.143. The van der Waals surface area contributed by atoms with Crippen LogP contribution in [0.25, 0.3) is 5.69 Å². The fourth-order valence-electron chi connectivity index (χ4n) is 2.30. The second kappa shape index (κ2) is 7.46. The SMILES string of the molecule is CC(C)CCNc1c(C#N)cnn1-c1c(F)c(F)c(C(F)(F)F)c(F)c1F. The third-order valence-corrected chi connectivity index (χ3v) is 3.64. The minimum absolute atomic E-state index is 0.210. The van der Waals surface area contributed by atoms with Gasteiger partial charge in [-0.15, -0.1) is 0 Å². The van der Waals surface area contributed by atoms with Gasteiger partial charge in [0, 0.05) is 6.54 Å². The van der Waals surface area contributed by atoms with Crippen LogP contribution >= 0.6 is 0 Å². The smallest absolute Gasteiger partial charge is 0.369 e. The molecule has 1 heterocycles. The summed E-state index contributed by atoms with van der Waals surface area (Å²) < 4.78 is 94.5. The molecule has 0 radical (unpaired) electrons. The number of nitrogens with one attached hydrogen (secondary N) is 1. The van der Waals surface area contributed by atoms with Crippen LogP contribution in [-0.2, 0) is 6.18 Å². The van der Waals surface area contributed by atoms with Crippen molar-refractivity contribution in [2.45, 2.75) is 26.4 Å². The van der Waals surface area contributed by atoms with Crippen LogP contribution in [0.2, 0.25) is 0 Å². The molecule has 1 N–H and O–H groups in total. The number of hydrogen-bond donors (Lipinski definition) is 1. The van der Waals surface area contributed by atoms with Gasteiger partial charge in [-0.3, -0.25) is 0 Å². The van der Waals surface area contributed by atoms with Crippen LogP contribution in [0.1, 0.15) is 31.4 Å². The van der Waals surface area contributed by atoms with Gasteiger partial charge in [-0.05, 0) is 12.3 Å². The van der Waals surface area contributed by atoms with Crippen molar-refractivity contribution in [3.63, 3.8) is 0 Å². The minimum Gasteiger partial charge on any atom is -0.369 e. The molecule has 1 aromatic heterocycles. The number of hydrogen-bond acceptors (Lipinski definition) is 3. The quantitative estimate of drug-likeness (QED) is 0.587. The number of aromatic nitrogens is 2. The molecular formula is C16H13F7N4. The van der Waals surface area contributed by atoms with Crippen LogP contribution in [-0.4, -0.2) is 16.3 Å². The fraction of sp³-hybridized carbons (Fsp3) is 0.375. The molecule has 0 saturated carbocycles. The van der Waals surface area contributed by atoms with E-state index in [0.717, 1.165) is 6.20 Å². The Morgan fingerprint density at radius 1 is 1.11 bits per heavy atom. The topological polar surface area (TPSA) is 53.6 Å². The highest BCUT2D eigenvalue weighted by Crippen LogP contribution is 2.38. The molecule has 0 aliphatic heterocycles. The van der Waals surface area contributed by atoms with Crippen LogP contribution in [0.4, 0.5) is 36.6 Å². The zero-order chi connectivity index (χ0) is 20.5. The number of nitrogens with zero attached hydrogens (tertiary/aromatic N) is 3. The summed E-state index contributed by atoms with van der Waals surface area (Å²) in [5, 5.41) is 15.2. The average Bonchev–Trinajstić information content (AvgIpc) is 2.95. The Kier molecular flexibility index (Phi) is 5.67. The summed E-state index contributed by atoms with van der Waals surface area (Å²) in [4.78, 5) is 0. The van der Waals surface area contributed by atoms with Crippen molar-refractivity contribution in [3.05, 3.63) is 40.6 Å². The molecule has 0 fully saturated rings. The molecule has 0 aliphatic carbocycles. The van der Waals surface area contributed by atoms with Crippen LogP contribution in [0.3, 0.4) is 0 Å². The Bertz CT molecular complexity index is 865. The fourth-order valence-corrected chi connectivity index (χ4v) is 2.30. The maximum absolute atomic E-state index is 14.2. The van der Waals surface area contributed by atoms with E-state index in [0.29, 0.717) is 11.1 Å². The first-order valence-corrected chi connectivity index (χ1v) is 7.66. The van der Waals surface area contributed by atoms with Crippen molar-refractivity contribution >= 4 is 5.82 Å². The summed E-state index contributed by atoms with van der Waals surface area (Å²) in [6, 6.07) is 1.67. The Labute approximate surface area is 149 Å². The Balaban J connectivity index is 2.67. The highest BCUT2D eigenvalue weighted by atomic mass is 19.4. The molecule has 27 heavy (non-hydrogen) atoms. The van der Waals surface area contributed by atoms with Gasteiger partial charge in [0.25, 0.3) is 0 Å². The lowest BCUT2D eigenvalue weighted by Gasteiger charge is -2.16. The normalized spacial score (nSPS) is 11.7. The largest absolute Gasteiger partial charge is 0.422 e. The lowest BCUT2D eigenvalue weighted by Crippen LogP contribution is -2.19. The van der Waals surface area contributed by atoms with E-state index in [1.54, 1.807) is 6.07 Å². The van der Waals surface area contributed by atoms with E-state index in [1.165, 1.54) is 0 Å². The molecule has 0 amide bonds. The van der Waals surface area contributed by atoms with Crippen molar-refractivity contribution in [3.8, 4) is 11.8 Å². The Morgan fingerprint density at radius 2 is 1.67 bits per heavy atom. The van der Waals surface area contributed by atoms with Gasteiger partial charge in [0.15, 0.2) is 23.3 Å². The molecule has 146 valence electrons. The molecule has 2 rings (SSSR count). The van der Waals surface area contributed by atoms with Gasteiger partial charge in [0.1, 0.15) is 28.7 Å². The third kappa shape index (κ3) is 3.84. The first kappa shape index (κ1) is 20.5. The van der Waals surface area contributed by atoms with Crippen LogP contribution in [0.15, 0.2) is 6.20 Å². The number of benzene rings is 1. The van der Waals surface area contributed by atoms with Crippen molar-refractivity contribution < 1.29 is 30.7 Å². The van der Waals surface area contributed by atoms with Gasteiger partial charge < -0.3 is 5.32 Å². The highest BCUT2D eigenvalue weighted by Gasteiger charge is 2.43. The van der Waals surface area contributed by atoms with E-state index in [9.17, 15) is 30.7 Å². The first-order chi connectivity index (χ1) is 12.5. The zero-order valence-electron chi connectivity index (χ0n) is 14.1. The second-order valence-corrected chi connectivity index (χ2v) is 6.02. The Morgan fingerprint density at radius 3 is 2.11 bits per heavy atom. The van der Waals surface area contributed by atoms with Gasteiger partial charge in [-0.2, -0.15) is 23.5 Å². The number of nitriles is 1. The van der Waals surface area contributed by atoms with E-state index in [2.05, 4.69) is 10.4 Å². The molecule has 0 saturated heterocycles. The molecule has 4 nitrogen and oxygen atoms in total. The molecule has 0 atom stereocenters. The van der Waals surface area contributed by atoms with Crippen LogP contribution in [0.5, 0.6) is 0 Å². The second-order valence-electron chi connectivity index (χ2n) is 6.02. The van der Waals surface area contributed by atoms with Gasteiger partial charge in [0.2, 0.25) is 0 Å². The number of rotatable bonds is 5. The van der Waals surface area contributed by atoms with E-state index in [1.807, 2.05) is 13.8 Å². The number of anilines is 1. The number of halogens is 7. The average molecular weight is 394 g/mol. The maximum Gasteiger partial charge on any atom is 0.422 e. The van der Waals surface area contributed by atoms with Gasteiger partial charge in [0.05, 0.1) is 6.20 Å². The van der Waals surface area contributed by atoms with E-state index in [-0.39, 0.29) is 23.8 Å². The molecule has 2 aromatic rings. The van der Waals surface area contributed by atoms with Gasteiger partial charge in [-0.1, -0.05) is 13.8 Å². The zero-order valence-corrected chi connectivity index (χ0v) is 14.1. The summed E-state index contributed by atoms with van der Waals surface area (Å²) >= 11 is 0. The monoisotopic (exact) mass is 394 g/mol. The summed E-state index contributed by atoms with van der Waals surface area (Å²) in [5.74, 6) is -9.83. The number of alkyl halides is 3. The predicted octanol–water partition coefficient (Wildman–Crippen LogP) is 4.78. The van der Waals surface area contributed by atoms with Gasteiger partial charge >= 0.3 is 6.18 Å². The molecule has 0 unspecified atom stereocenters. The molecule has 0 spiro atoms. The maximum atomic E-state index is 14.2. The van der Waals surface area contributed by atoms with Crippen molar-refractivity contribution in [1.29, 1.82) is 5.26 Å². The summed E-state index contributed by atoms with van der Waals surface area (Å²) in [6.45, 7) is 3.97. The molecule has 1 aromatic carbocycles. The Hall–Kier alpha value is -2.77. The molecule has 0 bridgehead atoms. The van der Waals surface area contributed by atoms with Crippen molar-refractivity contribution in [1.82, 2.24) is 9.78 Å². The molecule has 11 heteroatoms.